The number of carboxylic acid groups (broad SMARTS) is 1. The third kappa shape index (κ3) is 2.59. The highest BCUT2D eigenvalue weighted by molar-refractivity contribution is 6.25. The van der Waals surface area contributed by atoms with Gasteiger partial charge in [-0.1, -0.05) is 11.6 Å². The van der Waals surface area contributed by atoms with Crippen LogP contribution in [-0.2, 0) is 6.54 Å². The summed E-state index contributed by atoms with van der Waals surface area (Å²) in [6.07, 6.45) is 2.77. The smallest absolute Gasteiger partial charge is 0.338 e. The molecule has 0 bridgehead atoms. The zero-order valence-electron chi connectivity index (χ0n) is 7.07. The van der Waals surface area contributed by atoms with E-state index in [9.17, 15) is 4.79 Å². The van der Waals surface area contributed by atoms with Crippen LogP contribution in [0, 0.1) is 0 Å². The SMILES string of the molecule is C/C(=C/Cl)Cn1cc(C(=O)O)cn1. The fourth-order valence-electron chi connectivity index (χ4n) is 0.851. The zero-order chi connectivity index (χ0) is 9.84. The predicted molar refractivity (Wildman–Crippen MR) is 48.8 cm³/mol. The quantitative estimate of drug-likeness (QED) is 0.809. The molecule has 0 aliphatic rings. The molecular formula is C8H9ClN2O2. The molecule has 0 spiro atoms. The van der Waals surface area contributed by atoms with Crippen molar-refractivity contribution in [3.8, 4) is 0 Å². The Morgan fingerprint density at radius 3 is 3.00 bits per heavy atom. The minimum Gasteiger partial charge on any atom is -0.478 e. The monoisotopic (exact) mass is 200 g/mol. The van der Waals surface area contributed by atoms with E-state index in [1.165, 1.54) is 22.6 Å². The first-order valence-corrected chi connectivity index (χ1v) is 4.08. The lowest BCUT2D eigenvalue weighted by Crippen LogP contribution is -1.99. The summed E-state index contributed by atoms with van der Waals surface area (Å²) >= 11 is 5.45. The molecule has 0 fully saturated rings. The van der Waals surface area contributed by atoms with E-state index in [2.05, 4.69) is 5.10 Å². The molecule has 1 rings (SSSR count). The number of hydrogen-bond acceptors (Lipinski definition) is 2. The third-order valence-electron chi connectivity index (χ3n) is 1.48. The van der Waals surface area contributed by atoms with Crippen LogP contribution in [0.4, 0.5) is 0 Å². The number of hydrogen-bond donors (Lipinski definition) is 1. The van der Waals surface area contributed by atoms with E-state index in [0.29, 0.717) is 6.54 Å². The van der Waals surface area contributed by atoms with Gasteiger partial charge in [0.25, 0.3) is 0 Å². The van der Waals surface area contributed by atoms with Crippen LogP contribution < -0.4 is 0 Å². The van der Waals surface area contributed by atoms with Crippen molar-refractivity contribution in [2.24, 2.45) is 0 Å². The Bertz CT molecular complexity index is 344. The van der Waals surface area contributed by atoms with Crippen LogP contribution in [0.2, 0.25) is 0 Å². The number of rotatable bonds is 3. The molecule has 0 amide bonds. The summed E-state index contributed by atoms with van der Waals surface area (Å²) in [5.74, 6) is -0.973. The van der Waals surface area contributed by atoms with E-state index in [1.807, 2.05) is 6.92 Å². The van der Waals surface area contributed by atoms with Crippen LogP contribution in [0.1, 0.15) is 17.3 Å². The lowest BCUT2D eigenvalue weighted by atomic mass is 10.3. The maximum Gasteiger partial charge on any atom is 0.338 e. The van der Waals surface area contributed by atoms with Crippen LogP contribution in [0.5, 0.6) is 0 Å². The predicted octanol–water partition coefficient (Wildman–Crippen LogP) is 1.72. The third-order valence-corrected chi connectivity index (χ3v) is 1.85. The highest BCUT2D eigenvalue weighted by Crippen LogP contribution is 2.02. The first-order valence-electron chi connectivity index (χ1n) is 3.65. The summed E-state index contributed by atoms with van der Waals surface area (Å²) in [6.45, 7) is 2.35. The number of carboxylic acids is 1. The van der Waals surface area contributed by atoms with Crippen molar-refractivity contribution in [2.45, 2.75) is 13.5 Å². The van der Waals surface area contributed by atoms with E-state index >= 15 is 0 Å². The van der Waals surface area contributed by atoms with Crippen molar-refractivity contribution in [3.63, 3.8) is 0 Å². The molecule has 5 heteroatoms. The molecule has 13 heavy (non-hydrogen) atoms. The topological polar surface area (TPSA) is 55.1 Å². The van der Waals surface area contributed by atoms with E-state index in [-0.39, 0.29) is 5.56 Å². The lowest BCUT2D eigenvalue weighted by Gasteiger charge is -1.98. The van der Waals surface area contributed by atoms with Crippen molar-refractivity contribution in [3.05, 3.63) is 29.1 Å². The normalized spacial score (nSPS) is 11.7. The van der Waals surface area contributed by atoms with Crippen molar-refractivity contribution < 1.29 is 9.90 Å². The highest BCUT2D eigenvalue weighted by atomic mass is 35.5. The molecule has 1 aromatic heterocycles. The summed E-state index contributed by atoms with van der Waals surface area (Å²) in [5.41, 5.74) is 2.55. The van der Waals surface area contributed by atoms with Crippen molar-refractivity contribution in [1.82, 2.24) is 9.78 Å². The van der Waals surface area contributed by atoms with Crippen LogP contribution in [-0.4, -0.2) is 20.9 Å². The van der Waals surface area contributed by atoms with E-state index in [4.69, 9.17) is 16.7 Å². The van der Waals surface area contributed by atoms with Crippen LogP contribution >= 0.6 is 11.6 Å². The standard InChI is InChI=1S/C8H9ClN2O2/c1-6(2-9)4-11-5-7(3-10-11)8(12)13/h2-3,5H,4H2,1H3,(H,12,13)/b6-2-. The molecule has 0 saturated carbocycles. The Morgan fingerprint density at radius 1 is 1.85 bits per heavy atom. The first-order chi connectivity index (χ1) is 6.13. The van der Waals surface area contributed by atoms with Gasteiger partial charge in [0.15, 0.2) is 0 Å². The molecule has 1 aromatic rings. The summed E-state index contributed by atoms with van der Waals surface area (Å²) in [4.78, 5) is 10.5. The molecule has 0 aliphatic carbocycles. The Labute approximate surface area is 80.4 Å². The summed E-state index contributed by atoms with van der Waals surface area (Å²) in [5, 5.41) is 12.5. The molecular weight excluding hydrogens is 192 g/mol. The average Bonchev–Trinajstić information content (AvgIpc) is 2.52. The van der Waals surface area contributed by atoms with Crippen LogP contribution in [0.3, 0.4) is 0 Å². The summed E-state index contributed by atoms with van der Waals surface area (Å²) in [6, 6.07) is 0. The van der Waals surface area contributed by atoms with Gasteiger partial charge in [-0.2, -0.15) is 5.10 Å². The van der Waals surface area contributed by atoms with E-state index in [0.717, 1.165) is 5.57 Å². The van der Waals surface area contributed by atoms with Crippen LogP contribution in [0.15, 0.2) is 23.5 Å². The van der Waals surface area contributed by atoms with Gasteiger partial charge in [-0.25, -0.2) is 4.79 Å². The Kier molecular flexibility index (Phi) is 3.08. The van der Waals surface area contributed by atoms with E-state index in [1.54, 1.807) is 0 Å². The minimum atomic E-state index is -0.973. The second-order valence-electron chi connectivity index (χ2n) is 2.69. The Balaban J connectivity index is 2.75. The number of nitrogens with zero attached hydrogens (tertiary/aromatic N) is 2. The second kappa shape index (κ2) is 4.09. The molecule has 4 nitrogen and oxygen atoms in total. The fourth-order valence-corrected chi connectivity index (χ4v) is 0.920. The second-order valence-corrected chi connectivity index (χ2v) is 2.91. The van der Waals surface area contributed by atoms with Gasteiger partial charge in [-0.15, -0.1) is 0 Å². The van der Waals surface area contributed by atoms with Crippen molar-refractivity contribution in [1.29, 1.82) is 0 Å². The average molecular weight is 201 g/mol. The molecule has 70 valence electrons. The largest absolute Gasteiger partial charge is 0.478 e. The number of aromatic nitrogens is 2. The number of aromatic carboxylic acids is 1. The molecule has 0 radical (unpaired) electrons. The lowest BCUT2D eigenvalue weighted by molar-refractivity contribution is 0.0697. The molecule has 0 atom stereocenters. The van der Waals surface area contributed by atoms with E-state index < -0.39 is 5.97 Å². The van der Waals surface area contributed by atoms with Crippen molar-refractivity contribution >= 4 is 17.6 Å². The van der Waals surface area contributed by atoms with Gasteiger partial charge in [0.2, 0.25) is 0 Å². The fraction of sp³-hybridized carbons (Fsp3) is 0.250. The van der Waals surface area contributed by atoms with Gasteiger partial charge in [0, 0.05) is 11.7 Å². The van der Waals surface area contributed by atoms with Gasteiger partial charge in [0.05, 0.1) is 18.3 Å². The van der Waals surface area contributed by atoms with Crippen molar-refractivity contribution in [2.75, 3.05) is 0 Å². The molecule has 0 unspecified atom stereocenters. The minimum absolute atomic E-state index is 0.183. The summed E-state index contributed by atoms with van der Waals surface area (Å²) < 4.78 is 1.53. The molecule has 0 saturated heterocycles. The van der Waals surface area contributed by atoms with Gasteiger partial charge in [-0.05, 0) is 12.5 Å². The summed E-state index contributed by atoms with van der Waals surface area (Å²) in [7, 11) is 0. The van der Waals surface area contributed by atoms with Gasteiger partial charge < -0.3 is 5.11 Å². The number of halogens is 1. The van der Waals surface area contributed by atoms with Gasteiger partial charge in [-0.3, -0.25) is 4.68 Å². The maximum atomic E-state index is 10.5. The molecule has 0 aliphatic heterocycles. The number of allylic oxidation sites excluding steroid dienone is 1. The van der Waals surface area contributed by atoms with Gasteiger partial charge in [0.1, 0.15) is 0 Å². The zero-order valence-corrected chi connectivity index (χ0v) is 7.82. The Morgan fingerprint density at radius 2 is 2.54 bits per heavy atom. The number of carbonyl (C=O) groups is 1. The van der Waals surface area contributed by atoms with Gasteiger partial charge >= 0.3 is 5.97 Å². The molecule has 0 aromatic carbocycles. The van der Waals surface area contributed by atoms with Crippen LogP contribution in [0.25, 0.3) is 0 Å². The molecule has 1 N–H and O–H groups in total. The molecule has 1 heterocycles. The first kappa shape index (κ1) is 9.80. The Hall–Kier alpha value is -1.29. The highest BCUT2D eigenvalue weighted by Gasteiger charge is 2.05. The maximum absolute atomic E-state index is 10.5.